The van der Waals surface area contributed by atoms with E-state index < -0.39 is 0 Å². The van der Waals surface area contributed by atoms with Gasteiger partial charge in [-0.2, -0.15) is 0 Å². The smallest absolute Gasteiger partial charge is 0.233 e. The largest absolute Gasteiger partial charge is 0.338 e. The minimum atomic E-state index is 0.0607. The van der Waals surface area contributed by atoms with E-state index in [1.165, 1.54) is 22.9 Å². The van der Waals surface area contributed by atoms with E-state index in [0.717, 1.165) is 22.6 Å². The Kier molecular flexibility index (Phi) is 7.05. The fourth-order valence-corrected chi connectivity index (χ4v) is 3.92. The summed E-state index contributed by atoms with van der Waals surface area (Å²) in [5, 5.41) is 9.52. The molecule has 0 bridgehead atoms. The number of hydrogen-bond donors (Lipinski definition) is 0. The Balaban J connectivity index is 1.95. The van der Waals surface area contributed by atoms with Gasteiger partial charge in [0.05, 0.1) is 11.4 Å². The van der Waals surface area contributed by atoms with Gasteiger partial charge in [-0.25, -0.2) is 0 Å². The Hall–Kier alpha value is -2.93. The van der Waals surface area contributed by atoms with E-state index in [1.807, 2.05) is 30.5 Å². The summed E-state index contributed by atoms with van der Waals surface area (Å²) in [6, 6.07) is 10.1. The number of amides is 1. The Labute approximate surface area is 182 Å². The molecule has 0 radical (unpaired) electrons. The summed E-state index contributed by atoms with van der Waals surface area (Å²) in [5.74, 6) is 1.08. The van der Waals surface area contributed by atoms with Gasteiger partial charge >= 0.3 is 0 Å². The molecule has 0 aliphatic heterocycles. The van der Waals surface area contributed by atoms with Crippen molar-refractivity contribution in [1.29, 1.82) is 0 Å². The standard InChI is InChI=1S/C23H27N5OS/c1-6-27(14-16(2)3)21(29)15-30-23-26-25-22(19-9-11-24-12-10-19)28(23)20-8-7-17(4)18(5)13-20/h7-13H,2,6,14-15H2,1,3-5H3. The van der Waals surface area contributed by atoms with Crippen LogP contribution in [0.5, 0.6) is 0 Å². The van der Waals surface area contributed by atoms with Crippen LogP contribution < -0.4 is 0 Å². The first kappa shape index (κ1) is 21.8. The Bertz CT molecular complexity index is 1050. The minimum Gasteiger partial charge on any atom is -0.338 e. The number of thioether (sulfide) groups is 1. The lowest BCUT2D eigenvalue weighted by Gasteiger charge is -2.20. The number of carbonyl (C=O) groups excluding carboxylic acids is 1. The summed E-state index contributed by atoms with van der Waals surface area (Å²) in [6.07, 6.45) is 3.48. The Morgan fingerprint density at radius 2 is 1.87 bits per heavy atom. The minimum absolute atomic E-state index is 0.0607. The van der Waals surface area contributed by atoms with Gasteiger partial charge in [0, 0.05) is 31.0 Å². The average molecular weight is 422 g/mol. The summed E-state index contributed by atoms with van der Waals surface area (Å²) < 4.78 is 2.01. The summed E-state index contributed by atoms with van der Waals surface area (Å²) in [4.78, 5) is 18.6. The summed E-state index contributed by atoms with van der Waals surface area (Å²) in [7, 11) is 0. The molecule has 0 unspecified atom stereocenters. The molecule has 0 atom stereocenters. The molecule has 0 saturated heterocycles. The van der Waals surface area contributed by atoms with E-state index in [2.05, 4.69) is 53.8 Å². The van der Waals surface area contributed by atoms with Crippen molar-refractivity contribution in [2.75, 3.05) is 18.8 Å². The fourth-order valence-electron chi connectivity index (χ4n) is 3.07. The summed E-state index contributed by atoms with van der Waals surface area (Å²) >= 11 is 1.40. The fraction of sp³-hybridized carbons (Fsp3) is 0.304. The molecule has 7 heteroatoms. The van der Waals surface area contributed by atoms with E-state index in [9.17, 15) is 4.79 Å². The van der Waals surface area contributed by atoms with E-state index in [1.54, 1.807) is 17.3 Å². The topological polar surface area (TPSA) is 63.9 Å². The lowest BCUT2D eigenvalue weighted by atomic mass is 10.1. The van der Waals surface area contributed by atoms with E-state index in [0.29, 0.717) is 24.0 Å². The normalized spacial score (nSPS) is 10.8. The van der Waals surface area contributed by atoms with Gasteiger partial charge in [-0.1, -0.05) is 30.0 Å². The monoisotopic (exact) mass is 421 g/mol. The molecule has 1 amide bonds. The summed E-state index contributed by atoms with van der Waals surface area (Å²) in [6.45, 7) is 13.2. The van der Waals surface area contributed by atoms with Crippen molar-refractivity contribution in [3.63, 3.8) is 0 Å². The average Bonchev–Trinajstić information content (AvgIpc) is 3.16. The van der Waals surface area contributed by atoms with Crippen molar-refractivity contribution in [2.24, 2.45) is 0 Å². The number of nitrogens with zero attached hydrogens (tertiary/aromatic N) is 5. The van der Waals surface area contributed by atoms with Crippen LogP contribution in [-0.2, 0) is 4.79 Å². The highest BCUT2D eigenvalue weighted by molar-refractivity contribution is 7.99. The van der Waals surface area contributed by atoms with Gasteiger partial charge in [0.1, 0.15) is 0 Å². The number of aryl methyl sites for hydroxylation is 2. The highest BCUT2D eigenvalue weighted by atomic mass is 32.2. The third kappa shape index (κ3) is 4.97. The highest BCUT2D eigenvalue weighted by Crippen LogP contribution is 2.28. The van der Waals surface area contributed by atoms with Crippen LogP contribution in [0.4, 0.5) is 0 Å². The van der Waals surface area contributed by atoms with Crippen molar-refractivity contribution in [1.82, 2.24) is 24.6 Å². The molecular weight excluding hydrogens is 394 g/mol. The number of benzene rings is 1. The molecule has 0 saturated carbocycles. The van der Waals surface area contributed by atoms with Gasteiger partial charge < -0.3 is 4.90 Å². The van der Waals surface area contributed by atoms with Crippen molar-refractivity contribution in [3.8, 4) is 17.1 Å². The van der Waals surface area contributed by atoms with Gasteiger partial charge in [0.15, 0.2) is 11.0 Å². The van der Waals surface area contributed by atoms with Crippen LogP contribution in [0.15, 0.2) is 60.0 Å². The van der Waals surface area contributed by atoms with Crippen LogP contribution in [0, 0.1) is 13.8 Å². The third-order valence-corrected chi connectivity index (χ3v) is 5.75. The zero-order valence-electron chi connectivity index (χ0n) is 17.9. The first-order chi connectivity index (χ1) is 14.4. The highest BCUT2D eigenvalue weighted by Gasteiger charge is 2.19. The number of likely N-dealkylation sites (N-methyl/N-ethyl adjacent to an activating group) is 1. The molecule has 30 heavy (non-hydrogen) atoms. The molecule has 156 valence electrons. The second kappa shape index (κ2) is 9.71. The van der Waals surface area contributed by atoms with Crippen LogP contribution >= 0.6 is 11.8 Å². The molecule has 2 aromatic heterocycles. The maximum Gasteiger partial charge on any atom is 0.233 e. The van der Waals surface area contributed by atoms with Crippen molar-refractivity contribution < 1.29 is 4.79 Å². The second-order valence-electron chi connectivity index (χ2n) is 7.30. The molecule has 1 aromatic carbocycles. The Morgan fingerprint density at radius 3 is 2.50 bits per heavy atom. The van der Waals surface area contributed by atoms with Crippen molar-refractivity contribution >= 4 is 17.7 Å². The lowest BCUT2D eigenvalue weighted by molar-refractivity contribution is -0.127. The second-order valence-corrected chi connectivity index (χ2v) is 8.24. The van der Waals surface area contributed by atoms with Gasteiger partial charge in [-0.3, -0.25) is 14.3 Å². The summed E-state index contributed by atoms with van der Waals surface area (Å²) in [5.41, 5.74) is 5.27. The lowest BCUT2D eigenvalue weighted by Crippen LogP contribution is -2.33. The van der Waals surface area contributed by atoms with E-state index >= 15 is 0 Å². The third-order valence-electron chi connectivity index (χ3n) is 4.84. The molecule has 3 aromatic rings. The van der Waals surface area contributed by atoms with Crippen LogP contribution in [0.2, 0.25) is 0 Å². The number of rotatable bonds is 8. The predicted molar refractivity (Wildman–Crippen MR) is 122 cm³/mol. The number of pyridine rings is 1. The van der Waals surface area contributed by atoms with Gasteiger partial charge in [0.2, 0.25) is 5.91 Å². The SMILES string of the molecule is C=C(C)CN(CC)C(=O)CSc1nnc(-c2ccncc2)n1-c1ccc(C)c(C)c1. The number of carbonyl (C=O) groups is 1. The molecule has 0 N–H and O–H groups in total. The molecule has 0 aliphatic carbocycles. The molecular formula is C23H27N5OS. The van der Waals surface area contributed by atoms with Gasteiger partial charge in [-0.05, 0) is 63.1 Å². The predicted octanol–water partition coefficient (Wildman–Crippen LogP) is 4.46. The van der Waals surface area contributed by atoms with E-state index in [4.69, 9.17) is 0 Å². The molecule has 3 rings (SSSR count). The molecule has 2 heterocycles. The molecule has 0 spiro atoms. The Morgan fingerprint density at radius 1 is 1.13 bits per heavy atom. The van der Waals surface area contributed by atoms with Crippen LogP contribution in [0.1, 0.15) is 25.0 Å². The van der Waals surface area contributed by atoms with Gasteiger partial charge in [0.25, 0.3) is 0 Å². The molecule has 0 fully saturated rings. The van der Waals surface area contributed by atoms with E-state index in [-0.39, 0.29) is 5.91 Å². The molecule has 6 nitrogen and oxygen atoms in total. The quantitative estimate of drug-likeness (QED) is 0.397. The van der Waals surface area contributed by atoms with Crippen molar-refractivity contribution in [3.05, 3.63) is 66.0 Å². The number of aromatic nitrogens is 4. The number of hydrogen-bond acceptors (Lipinski definition) is 5. The van der Waals surface area contributed by atoms with Gasteiger partial charge in [-0.15, -0.1) is 10.2 Å². The van der Waals surface area contributed by atoms with Crippen molar-refractivity contribution in [2.45, 2.75) is 32.9 Å². The maximum atomic E-state index is 12.7. The first-order valence-electron chi connectivity index (χ1n) is 9.89. The molecule has 0 aliphatic rings. The zero-order valence-corrected chi connectivity index (χ0v) is 18.7. The first-order valence-corrected chi connectivity index (χ1v) is 10.9. The zero-order chi connectivity index (χ0) is 21.7. The van der Waals surface area contributed by atoms with Crippen LogP contribution in [-0.4, -0.2) is 49.4 Å². The van der Waals surface area contributed by atoms with Crippen LogP contribution in [0.25, 0.3) is 17.1 Å². The maximum absolute atomic E-state index is 12.7. The van der Waals surface area contributed by atoms with Crippen LogP contribution in [0.3, 0.4) is 0 Å².